The van der Waals surface area contributed by atoms with Crippen LogP contribution >= 0.6 is 11.3 Å². The summed E-state index contributed by atoms with van der Waals surface area (Å²) in [6.07, 6.45) is 1.03. The first kappa shape index (κ1) is 27.5. The second-order valence-corrected chi connectivity index (χ2v) is 9.05. The van der Waals surface area contributed by atoms with Gasteiger partial charge in [-0.25, -0.2) is 4.98 Å². The van der Waals surface area contributed by atoms with Gasteiger partial charge in [0, 0.05) is 31.5 Å². The smallest absolute Gasteiger partial charge is 0.124 e. The van der Waals surface area contributed by atoms with Crippen LogP contribution in [-0.2, 0) is 23.7 Å². The molecule has 192 valence electrons. The lowest BCUT2D eigenvalue weighted by Crippen LogP contribution is -2.23. The van der Waals surface area contributed by atoms with Crippen LogP contribution in [0.5, 0.6) is 0 Å². The number of hydrogen-bond acceptors (Lipinski definition) is 8. The molecular weight excluding hydrogens is 464 g/mol. The number of rotatable bonds is 19. The Morgan fingerprint density at radius 3 is 1.80 bits per heavy atom. The van der Waals surface area contributed by atoms with E-state index in [2.05, 4.69) is 61.3 Å². The van der Waals surface area contributed by atoms with Gasteiger partial charge < -0.3 is 28.6 Å². The summed E-state index contributed by atoms with van der Waals surface area (Å²) in [5.74, 6) is 0. The van der Waals surface area contributed by atoms with E-state index in [-0.39, 0.29) is 0 Å². The fraction of sp³-hybridized carbons (Fsp3) is 0.519. The summed E-state index contributed by atoms with van der Waals surface area (Å²) in [6, 6.07) is 16.8. The molecule has 0 fully saturated rings. The lowest BCUT2D eigenvalue weighted by molar-refractivity contribution is -0.0105. The molecule has 0 bridgehead atoms. The van der Waals surface area contributed by atoms with Crippen molar-refractivity contribution in [2.75, 3.05) is 84.6 Å². The van der Waals surface area contributed by atoms with Crippen molar-refractivity contribution >= 4 is 27.2 Å². The highest BCUT2D eigenvalue weighted by Crippen LogP contribution is 2.30. The normalized spacial score (nSPS) is 11.4. The maximum absolute atomic E-state index is 5.70. The molecule has 1 heterocycles. The van der Waals surface area contributed by atoms with Crippen LogP contribution in [0.15, 0.2) is 48.5 Å². The van der Waals surface area contributed by atoms with Gasteiger partial charge in [-0.1, -0.05) is 19.1 Å². The topological polar surface area (TPSA) is 62.3 Å². The van der Waals surface area contributed by atoms with Crippen LogP contribution in [0.4, 0.5) is 5.69 Å². The predicted octanol–water partition coefficient (Wildman–Crippen LogP) is 4.89. The van der Waals surface area contributed by atoms with E-state index in [1.165, 1.54) is 4.70 Å². The summed E-state index contributed by atoms with van der Waals surface area (Å²) in [4.78, 5) is 6.93. The van der Waals surface area contributed by atoms with Gasteiger partial charge in [-0.05, 0) is 42.8 Å². The number of anilines is 1. The molecule has 0 N–H and O–H groups in total. The number of fused-ring (bicyclic) bond motifs is 1. The Hall–Kier alpha value is -2.07. The Balaban J connectivity index is 1.18. The summed E-state index contributed by atoms with van der Waals surface area (Å²) >= 11 is 1.72. The van der Waals surface area contributed by atoms with Crippen molar-refractivity contribution < 1.29 is 23.7 Å². The van der Waals surface area contributed by atoms with E-state index >= 15 is 0 Å². The summed E-state index contributed by atoms with van der Waals surface area (Å²) < 4.78 is 28.7. The number of nitrogens with zero attached hydrogens (tertiary/aromatic N) is 2. The van der Waals surface area contributed by atoms with Gasteiger partial charge in [0.1, 0.15) is 5.01 Å². The molecule has 0 saturated carbocycles. The predicted molar refractivity (Wildman–Crippen MR) is 143 cm³/mol. The number of likely N-dealkylation sites (N-methyl/N-ethyl adjacent to an activating group) is 1. The molecule has 7 nitrogen and oxygen atoms in total. The largest absolute Gasteiger partial charge is 0.379 e. The Morgan fingerprint density at radius 2 is 1.23 bits per heavy atom. The number of hydrogen-bond donors (Lipinski definition) is 0. The molecule has 1 aromatic heterocycles. The Labute approximate surface area is 212 Å². The fourth-order valence-corrected chi connectivity index (χ4v) is 4.28. The van der Waals surface area contributed by atoms with Gasteiger partial charge in [-0.15, -0.1) is 11.3 Å². The molecule has 3 aromatic rings. The Morgan fingerprint density at radius 1 is 0.686 bits per heavy atom. The van der Waals surface area contributed by atoms with E-state index < -0.39 is 0 Å². The molecule has 0 aliphatic rings. The molecule has 0 amide bonds. The SMILES string of the molecule is CCCOCCOCCOCCOCCOCCN(C)c1ccc(-c2nc3ccccc3s2)cc1. The third-order valence-electron chi connectivity index (χ3n) is 5.26. The Kier molecular flexibility index (Phi) is 13.0. The van der Waals surface area contributed by atoms with E-state index in [1.807, 2.05) is 6.07 Å². The van der Waals surface area contributed by atoms with Crippen LogP contribution < -0.4 is 4.90 Å². The van der Waals surface area contributed by atoms with Crippen molar-refractivity contribution in [2.45, 2.75) is 13.3 Å². The lowest BCUT2D eigenvalue weighted by atomic mass is 10.2. The van der Waals surface area contributed by atoms with Gasteiger partial charge in [0.15, 0.2) is 0 Å². The molecular formula is C27H38N2O5S. The molecule has 0 aliphatic carbocycles. The maximum atomic E-state index is 5.70. The summed E-state index contributed by atoms with van der Waals surface area (Å²) in [7, 11) is 2.08. The average Bonchev–Trinajstić information content (AvgIpc) is 3.33. The Bertz CT molecular complexity index is 917. The number of aromatic nitrogens is 1. The molecule has 8 heteroatoms. The number of ether oxygens (including phenoxy) is 5. The summed E-state index contributed by atoms with van der Waals surface area (Å²) in [5, 5.41) is 1.05. The van der Waals surface area contributed by atoms with Gasteiger partial charge >= 0.3 is 0 Å². The minimum Gasteiger partial charge on any atom is -0.379 e. The van der Waals surface area contributed by atoms with Gasteiger partial charge in [-0.2, -0.15) is 0 Å². The zero-order chi connectivity index (χ0) is 24.6. The third-order valence-corrected chi connectivity index (χ3v) is 6.34. The molecule has 0 atom stereocenters. The first-order valence-electron chi connectivity index (χ1n) is 12.3. The van der Waals surface area contributed by atoms with Crippen LogP contribution in [-0.4, -0.2) is 84.6 Å². The second kappa shape index (κ2) is 16.6. The van der Waals surface area contributed by atoms with Crippen molar-refractivity contribution in [3.8, 4) is 10.6 Å². The number of benzene rings is 2. The first-order valence-corrected chi connectivity index (χ1v) is 13.2. The van der Waals surface area contributed by atoms with Crippen LogP contribution in [0.2, 0.25) is 0 Å². The molecule has 0 saturated heterocycles. The van der Waals surface area contributed by atoms with Crippen molar-refractivity contribution in [3.63, 3.8) is 0 Å². The number of thiazole rings is 1. The molecule has 0 aliphatic heterocycles. The molecule has 0 unspecified atom stereocenters. The van der Waals surface area contributed by atoms with Crippen molar-refractivity contribution in [2.24, 2.45) is 0 Å². The quantitative estimate of drug-likeness (QED) is 0.216. The maximum Gasteiger partial charge on any atom is 0.124 e. The summed E-state index contributed by atoms with van der Waals surface area (Å²) in [6.45, 7) is 9.01. The zero-order valence-electron chi connectivity index (χ0n) is 20.9. The van der Waals surface area contributed by atoms with Gasteiger partial charge in [0.2, 0.25) is 0 Å². The lowest BCUT2D eigenvalue weighted by Gasteiger charge is -2.19. The van der Waals surface area contributed by atoms with Crippen LogP contribution in [0, 0.1) is 0 Å². The van der Waals surface area contributed by atoms with Crippen molar-refractivity contribution in [1.29, 1.82) is 0 Å². The van der Waals surface area contributed by atoms with Crippen LogP contribution in [0.25, 0.3) is 20.8 Å². The van der Waals surface area contributed by atoms with Gasteiger partial charge in [-0.3, -0.25) is 0 Å². The molecule has 35 heavy (non-hydrogen) atoms. The standard InChI is InChI=1S/C27H38N2O5S/c1-3-13-30-15-17-32-19-21-34-22-20-33-18-16-31-14-12-29(2)24-10-8-23(9-11-24)27-28-25-6-4-5-7-26(25)35-27/h4-11H,3,12-22H2,1-2H3. The minimum absolute atomic E-state index is 0.559. The van der Waals surface area contributed by atoms with Crippen LogP contribution in [0.1, 0.15) is 13.3 Å². The van der Waals surface area contributed by atoms with E-state index in [9.17, 15) is 0 Å². The van der Waals surface area contributed by atoms with E-state index in [1.54, 1.807) is 11.3 Å². The van der Waals surface area contributed by atoms with Crippen LogP contribution in [0.3, 0.4) is 0 Å². The molecule has 0 radical (unpaired) electrons. The molecule has 3 rings (SSSR count). The monoisotopic (exact) mass is 502 g/mol. The highest BCUT2D eigenvalue weighted by atomic mass is 32.1. The van der Waals surface area contributed by atoms with E-state index in [0.29, 0.717) is 59.5 Å². The first-order chi connectivity index (χ1) is 17.3. The van der Waals surface area contributed by atoms with E-state index in [0.717, 1.165) is 41.3 Å². The highest BCUT2D eigenvalue weighted by molar-refractivity contribution is 7.21. The highest BCUT2D eigenvalue weighted by Gasteiger charge is 2.07. The van der Waals surface area contributed by atoms with Crippen molar-refractivity contribution in [1.82, 2.24) is 4.98 Å². The average molecular weight is 503 g/mol. The minimum atomic E-state index is 0.559. The molecule has 0 spiro atoms. The fourth-order valence-electron chi connectivity index (χ4n) is 3.31. The zero-order valence-corrected chi connectivity index (χ0v) is 21.8. The number of para-hydroxylation sites is 1. The van der Waals surface area contributed by atoms with E-state index in [4.69, 9.17) is 28.7 Å². The van der Waals surface area contributed by atoms with Crippen molar-refractivity contribution in [3.05, 3.63) is 48.5 Å². The second-order valence-electron chi connectivity index (χ2n) is 8.02. The third kappa shape index (κ3) is 10.2. The van der Waals surface area contributed by atoms with Gasteiger partial charge in [0.05, 0.1) is 69.7 Å². The summed E-state index contributed by atoms with van der Waals surface area (Å²) in [5.41, 5.74) is 3.35. The van der Waals surface area contributed by atoms with Gasteiger partial charge in [0.25, 0.3) is 0 Å². The molecule has 2 aromatic carbocycles.